The zero-order chi connectivity index (χ0) is 15.7. The third kappa shape index (κ3) is 2.81. The van der Waals surface area contributed by atoms with Gasteiger partial charge in [0.05, 0.1) is 17.7 Å². The van der Waals surface area contributed by atoms with Crippen LogP contribution >= 0.6 is 0 Å². The average molecular weight is 322 g/mol. The van der Waals surface area contributed by atoms with E-state index in [0.29, 0.717) is 30.3 Å². The first kappa shape index (κ1) is 14.5. The Balaban J connectivity index is 1.78. The fraction of sp³-hybridized carbons (Fsp3) is 0.231. The second-order valence-electron chi connectivity index (χ2n) is 4.81. The lowest BCUT2D eigenvalue weighted by Gasteiger charge is -2.15. The van der Waals surface area contributed by atoms with Gasteiger partial charge in [0.25, 0.3) is 5.91 Å². The van der Waals surface area contributed by atoms with Crippen LogP contribution in [0.2, 0.25) is 0 Å². The molecule has 0 aliphatic carbocycles. The fourth-order valence-corrected chi connectivity index (χ4v) is 2.67. The van der Waals surface area contributed by atoms with E-state index in [2.05, 4.69) is 10.4 Å². The first-order chi connectivity index (χ1) is 10.4. The van der Waals surface area contributed by atoms with Crippen LogP contribution in [0.3, 0.4) is 0 Å². The predicted octanol–water partition coefficient (Wildman–Crippen LogP) is 0.565. The van der Waals surface area contributed by atoms with Crippen molar-refractivity contribution < 1.29 is 17.9 Å². The Labute approximate surface area is 126 Å². The molecule has 0 atom stereocenters. The number of carbonyl (C=O) groups excluding carboxylic acids is 1. The van der Waals surface area contributed by atoms with Gasteiger partial charge in [-0.25, -0.2) is 18.2 Å². The van der Waals surface area contributed by atoms with Gasteiger partial charge >= 0.3 is 0 Å². The van der Waals surface area contributed by atoms with Crippen LogP contribution in [0.4, 0.5) is 5.69 Å². The van der Waals surface area contributed by atoms with Crippen molar-refractivity contribution in [2.75, 3.05) is 11.9 Å². The van der Waals surface area contributed by atoms with Gasteiger partial charge in [-0.15, -0.1) is 0 Å². The quantitative estimate of drug-likeness (QED) is 0.856. The molecule has 1 aromatic heterocycles. The molecule has 116 valence electrons. The van der Waals surface area contributed by atoms with Crippen LogP contribution in [-0.4, -0.2) is 30.7 Å². The van der Waals surface area contributed by atoms with Gasteiger partial charge in [0, 0.05) is 18.7 Å². The Bertz CT molecular complexity index is 811. The third-order valence-electron chi connectivity index (χ3n) is 3.23. The minimum Gasteiger partial charge on any atom is -0.477 e. The zero-order valence-corrected chi connectivity index (χ0v) is 12.3. The SMILES string of the molecule is NS(=O)(=O)c1ccc(NC(=O)c2cnn3c2OCCC3)cc1. The molecule has 9 heteroatoms. The van der Waals surface area contributed by atoms with Crippen molar-refractivity contribution in [3.05, 3.63) is 36.0 Å². The lowest BCUT2D eigenvalue weighted by Crippen LogP contribution is -2.18. The Morgan fingerprint density at radius 3 is 2.73 bits per heavy atom. The van der Waals surface area contributed by atoms with E-state index in [0.717, 1.165) is 6.42 Å². The number of ether oxygens (including phenoxy) is 1. The van der Waals surface area contributed by atoms with Crippen molar-refractivity contribution in [2.45, 2.75) is 17.9 Å². The lowest BCUT2D eigenvalue weighted by molar-refractivity contribution is 0.102. The second-order valence-corrected chi connectivity index (χ2v) is 6.37. The Morgan fingerprint density at radius 1 is 1.32 bits per heavy atom. The van der Waals surface area contributed by atoms with E-state index in [1.54, 1.807) is 4.68 Å². The molecular weight excluding hydrogens is 308 g/mol. The summed E-state index contributed by atoms with van der Waals surface area (Å²) in [6.07, 6.45) is 2.31. The number of primary sulfonamides is 1. The van der Waals surface area contributed by atoms with Gasteiger partial charge in [0.2, 0.25) is 15.9 Å². The number of aromatic nitrogens is 2. The molecule has 0 radical (unpaired) electrons. The maximum Gasteiger partial charge on any atom is 0.262 e. The summed E-state index contributed by atoms with van der Waals surface area (Å²) in [6, 6.07) is 5.59. The number of rotatable bonds is 3. The third-order valence-corrected chi connectivity index (χ3v) is 4.16. The Kier molecular flexibility index (Phi) is 3.59. The molecule has 1 amide bonds. The molecule has 0 bridgehead atoms. The number of aryl methyl sites for hydroxylation is 1. The van der Waals surface area contributed by atoms with Crippen LogP contribution < -0.4 is 15.2 Å². The molecule has 22 heavy (non-hydrogen) atoms. The number of carbonyl (C=O) groups is 1. The molecule has 0 saturated carbocycles. The number of nitrogens with two attached hydrogens (primary N) is 1. The van der Waals surface area contributed by atoms with Crippen LogP contribution in [0.5, 0.6) is 5.88 Å². The van der Waals surface area contributed by atoms with Gasteiger partial charge < -0.3 is 10.1 Å². The van der Waals surface area contributed by atoms with Gasteiger partial charge in [-0.3, -0.25) is 4.79 Å². The van der Waals surface area contributed by atoms with Crippen molar-refractivity contribution in [3.8, 4) is 5.88 Å². The van der Waals surface area contributed by atoms with Crippen LogP contribution in [-0.2, 0) is 16.6 Å². The highest BCUT2D eigenvalue weighted by atomic mass is 32.2. The minimum absolute atomic E-state index is 0.0169. The summed E-state index contributed by atoms with van der Waals surface area (Å²) in [5.41, 5.74) is 0.795. The first-order valence-electron chi connectivity index (χ1n) is 6.58. The maximum absolute atomic E-state index is 12.2. The maximum atomic E-state index is 12.2. The standard InChI is InChI=1S/C13H14N4O4S/c14-22(19,20)10-4-2-9(3-5-10)16-12(18)11-8-15-17-6-1-7-21-13(11)17/h2-5,8H,1,6-7H2,(H,16,18)(H2,14,19,20). The number of nitrogens with zero attached hydrogens (tertiary/aromatic N) is 2. The highest BCUT2D eigenvalue weighted by molar-refractivity contribution is 7.89. The summed E-state index contributed by atoms with van der Waals surface area (Å²) < 4.78 is 29.5. The van der Waals surface area contributed by atoms with E-state index in [4.69, 9.17) is 9.88 Å². The highest BCUT2D eigenvalue weighted by Gasteiger charge is 2.21. The molecule has 1 aliphatic heterocycles. The molecule has 8 nitrogen and oxygen atoms in total. The number of sulfonamides is 1. The van der Waals surface area contributed by atoms with E-state index in [1.165, 1.54) is 30.5 Å². The van der Waals surface area contributed by atoms with Crippen molar-refractivity contribution in [1.82, 2.24) is 9.78 Å². The zero-order valence-electron chi connectivity index (χ0n) is 11.5. The van der Waals surface area contributed by atoms with Crippen molar-refractivity contribution in [1.29, 1.82) is 0 Å². The first-order valence-corrected chi connectivity index (χ1v) is 8.12. The van der Waals surface area contributed by atoms with Crippen molar-refractivity contribution >= 4 is 21.6 Å². The van der Waals surface area contributed by atoms with Gasteiger partial charge in [-0.2, -0.15) is 5.10 Å². The second kappa shape index (κ2) is 5.43. The Hall–Kier alpha value is -2.39. The number of hydrogen-bond acceptors (Lipinski definition) is 5. The van der Waals surface area contributed by atoms with E-state index < -0.39 is 10.0 Å². The number of anilines is 1. The number of fused-ring (bicyclic) bond motifs is 1. The molecule has 3 rings (SSSR count). The number of amides is 1. The fourth-order valence-electron chi connectivity index (χ4n) is 2.15. The molecule has 1 aromatic carbocycles. The monoisotopic (exact) mass is 322 g/mol. The summed E-state index contributed by atoms with van der Waals surface area (Å²) in [5.74, 6) is 0.0800. The molecule has 2 heterocycles. The van der Waals surface area contributed by atoms with Crippen LogP contribution in [0.1, 0.15) is 16.8 Å². The predicted molar refractivity (Wildman–Crippen MR) is 78.1 cm³/mol. The summed E-state index contributed by atoms with van der Waals surface area (Å²) in [4.78, 5) is 12.2. The molecule has 1 aliphatic rings. The summed E-state index contributed by atoms with van der Waals surface area (Å²) >= 11 is 0. The normalized spacial score (nSPS) is 14.0. The number of benzene rings is 1. The largest absolute Gasteiger partial charge is 0.477 e. The lowest BCUT2D eigenvalue weighted by atomic mass is 10.2. The van der Waals surface area contributed by atoms with Gasteiger partial charge in [-0.1, -0.05) is 0 Å². The van der Waals surface area contributed by atoms with Crippen molar-refractivity contribution in [3.63, 3.8) is 0 Å². The number of nitrogens with one attached hydrogen (secondary N) is 1. The van der Waals surface area contributed by atoms with Crippen molar-refractivity contribution in [2.24, 2.45) is 5.14 Å². The van der Waals surface area contributed by atoms with E-state index >= 15 is 0 Å². The van der Waals surface area contributed by atoms with Gasteiger partial charge in [0.1, 0.15) is 5.56 Å². The smallest absolute Gasteiger partial charge is 0.262 e. The highest BCUT2D eigenvalue weighted by Crippen LogP contribution is 2.23. The molecule has 3 N–H and O–H groups in total. The molecular formula is C13H14N4O4S. The van der Waals surface area contributed by atoms with Crippen LogP contribution in [0.15, 0.2) is 35.4 Å². The van der Waals surface area contributed by atoms with Gasteiger partial charge in [0.15, 0.2) is 0 Å². The van der Waals surface area contributed by atoms with Crippen LogP contribution in [0.25, 0.3) is 0 Å². The van der Waals surface area contributed by atoms with Gasteiger partial charge in [-0.05, 0) is 24.3 Å². The van der Waals surface area contributed by atoms with E-state index in [9.17, 15) is 13.2 Å². The van der Waals surface area contributed by atoms with Crippen LogP contribution in [0, 0.1) is 0 Å². The molecule has 0 unspecified atom stereocenters. The molecule has 2 aromatic rings. The molecule has 0 fully saturated rings. The number of hydrogen-bond donors (Lipinski definition) is 2. The summed E-state index contributed by atoms with van der Waals surface area (Å²) in [5, 5.41) is 11.8. The Morgan fingerprint density at radius 2 is 2.05 bits per heavy atom. The summed E-state index contributed by atoms with van der Waals surface area (Å²) in [6.45, 7) is 1.26. The molecule has 0 spiro atoms. The summed E-state index contributed by atoms with van der Waals surface area (Å²) in [7, 11) is -3.75. The molecule has 0 saturated heterocycles. The average Bonchev–Trinajstić information content (AvgIpc) is 2.91. The minimum atomic E-state index is -3.75. The topological polar surface area (TPSA) is 116 Å². The van der Waals surface area contributed by atoms with E-state index in [-0.39, 0.29) is 10.8 Å². The van der Waals surface area contributed by atoms with E-state index in [1.807, 2.05) is 0 Å².